The van der Waals surface area contributed by atoms with E-state index in [0.29, 0.717) is 11.3 Å². The van der Waals surface area contributed by atoms with Gasteiger partial charge in [0, 0.05) is 11.3 Å². The summed E-state index contributed by atoms with van der Waals surface area (Å²) in [6.45, 7) is 0. The number of carbonyl (C=O) groups excluding carboxylic acids is 2. The lowest BCUT2D eigenvalue weighted by molar-refractivity contribution is -0.136. The fourth-order valence-electron chi connectivity index (χ4n) is 1.70. The summed E-state index contributed by atoms with van der Waals surface area (Å²) in [6, 6.07) is 9.40. The Labute approximate surface area is 136 Å². The standard InChI is InChI=1S/C16H14FN3O4/c1-24-13-6-7-14(21)10(8-13)9-18-20-16(23)15(22)19-12-4-2-11(17)3-5-12/h2-9,21H,1H3,(H,19,22)(H,20,23)/b18-9-. The molecular weight excluding hydrogens is 317 g/mol. The Balaban J connectivity index is 1.94. The summed E-state index contributed by atoms with van der Waals surface area (Å²) in [5, 5.41) is 15.5. The molecule has 0 spiro atoms. The second-order valence-corrected chi connectivity index (χ2v) is 4.58. The number of phenols is 1. The van der Waals surface area contributed by atoms with Gasteiger partial charge in [0.05, 0.1) is 13.3 Å². The van der Waals surface area contributed by atoms with Crippen molar-refractivity contribution in [1.82, 2.24) is 5.43 Å². The minimum atomic E-state index is -1.02. The molecule has 0 fully saturated rings. The number of rotatable bonds is 4. The number of aromatic hydroxyl groups is 1. The van der Waals surface area contributed by atoms with Crippen LogP contribution in [0.3, 0.4) is 0 Å². The van der Waals surface area contributed by atoms with Gasteiger partial charge in [0.15, 0.2) is 0 Å². The topological polar surface area (TPSA) is 100 Å². The van der Waals surface area contributed by atoms with Gasteiger partial charge in [-0.3, -0.25) is 9.59 Å². The number of hydrogen-bond acceptors (Lipinski definition) is 5. The Hall–Kier alpha value is -3.42. The van der Waals surface area contributed by atoms with E-state index in [0.717, 1.165) is 12.1 Å². The Kier molecular flexibility index (Phi) is 5.45. The van der Waals surface area contributed by atoms with E-state index in [2.05, 4.69) is 10.4 Å². The highest BCUT2D eigenvalue weighted by Gasteiger charge is 2.12. The summed E-state index contributed by atoms with van der Waals surface area (Å²) < 4.78 is 17.8. The number of amides is 2. The van der Waals surface area contributed by atoms with E-state index in [1.807, 2.05) is 5.43 Å². The Morgan fingerprint density at radius 2 is 1.88 bits per heavy atom. The van der Waals surface area contributed by atoms with Crippen LogP contribution in [0, 0.1) is 5.82 Å². The monoisotopic (exact) mass is 331 g/mol. The number of hydrogen-bond donors (Lipinski definition) is 3. The van der Waals surface area contributed by atoms with E-state index < -0.39 is 17.6 Å². The van der Waals surface area contributed by atoms with Crippen molar-refractivity contribution in [3.8, 4) is 11.5 Å². The number of carbonyl (C=O) groups is 2. The molecule has 3 N–H and O–H groups in total. The maximum atomic E-state index is 12.8. The Morgan fingerprint density at radius 1 is 1.17 bits per heavy atom. The highest BCUT2D eigenvalue weighted by molar-refractivity contribution is 6.39. The van der Waals surface area contributed by atoms with E-state index in [1.165, 1.54) is 37.6 Å². The molecule has 0 saturated heterocycles. The van der Waals surface area contributed by atoms with Crippen molar-refractivity contribution < 1.29 is 23.8 Å². The molecule has 2 rings (SSSR count). The summed E-state index contributed by atoms with van der Waals surface area (Å²) in [6.07, 6.45) is 1.17. The van der Waals surface area contributed by atoms with Crippen molar-refractivity contribution in [1.29, 1.82) is 0 Å². The molecule has 2 aromatic rings. The van der Waals surface area contributed by atoms with Crippen molar-refractivity contribution in [2.45, 2.75) is 0 Å². The first kappa shape index (κ1) is 16.9. The molecule has 0 aliphatic heterocycles. The predicted molar refractivity (Wildman–Crippen MR) is 85.4 cm³/mol. The molecule has 24 heavy (non-hydrogen) atoms. The van der Waals surface area contributed by atoms with Gasteiger partial charge in [0.25, 0.3) is 0 Å². The summed E-state index contributed by atoms with van der Waals surface area (Å²) in [5.74, 6) is -2.01. The van der Waals surface area contributed by atoms with Gasteiger partial charge in [-0.05, 0) is 42.5 Å². The fourth-order valence-corrected chi connectivity index (χ4v) is 1.70. The van der Waals surface area contributed by atoms with E-state index >= 15 is 0 Å². The van der Waals surface area contributed by atoms with Gasteiger partial charge in [-0.1, -0.05) is 0 Å². The van der Waals surface area contributed by atoms with Crippen LogP contribution in [0.25, 0.3) is 0 Å². The molecule has 7 nitrogen and oxygen atoms in total. The highest BCUT2D eigenvalue weighted by Crippen LogP contribution is 2.20. The minimum absolute atomic E-state index is 0.0652. The molecule has 0 aliphatic rings. The van der Waals surface area contributed by atoms with E-state index in [-0.39, 0.29) is 11.4 Å². The molecule has 0 bridgehead atoms. The van der Waals surface area contributed by atoms with Crippen LogP contribution in [-0.2, 0) is 9.59 Å². The van der Waals surface area contributed by atoms with E-state index in [9.17, 15) is 19.1 Å². The number of halogens is 1. The maximum Gasteiger partial charge on any atom is 0.329 e. The maximum absolute atomic E-state index is 12.8. The van der Waals surface area contributed by atoms with Gasteiger partial charge in [0.1, 0.15) is 17.3 Å². The quantitative estimate of drug-likeness (QED) is 0.450. The van der Waals surface area contributed by atoms with Gasteiger partial charge in [0.2, 0.25) is 0 Å². The molecule has 0 radical (unpaired) electrons. The van der Waals surface area contributed by atoms with Crippen molar-refractivity contribution in [2.75, 3.05) is 12.4 Å². The van der Waals surface area contributed by atoms with Crippen molar-refractivity contribution >= 4 is 23.7 Å². The van der Waals surface area contributed by atoms with Crippen LogP contribution < -0.4 is 15.5 Å². The molecule has 0 unspecified atom stereocenters. The SMILES string of the molecule is COc1ccc(O)c(/C=N\NC(=O)C(=O)Nc2ccc(F)cc2)c1. The number of anilines is 1. The molecule has 0 aromatic heterocycles. The third kappa shape index (κ3) is 4.54. The highest BCUT2D eigenvalue weighted by atomic mass is 19.1. The van der Waals surface area contributed by atoms with Crippen molar-refractivity contribution in [3.05, 3.63) is 53.8 Å². The molecule has 2 amide bonds. The van der Waals surface area contributed by atoms with Gasteiger partial charge in [-0.15, -0.1) is 0 Å². The zero-order valence-electron chi connectivity index (χ0n) is 12.6. The summed E-state index contributed by atoms with van der Waals surface area (Å²) in [7, 11) is 1.47. The van der Waals surface area contributed by atoms with Crippen LogP contribution in [0.4, 0.5) is 10.1 Å². The number of ether oxygens (including phenoxy) is 1. The average Bonchev–Trinajstić information content (AvgIpc) is 2.58. The number of hydrazone groups is 1. The van der Waals surface area contributed by atoms with Crippen LogP contribution in [0.15, 0.2) is 47.6 Å². The molecule has 8 heteroatoms. The van der Waals surface area contributed by atoms with Crippen LogP contribution in [-0.4, -0.2) is 30.2 Å². The minimum Gasteiger partial charge on any atom is -0.507 e. The van der Waals surface area contributed by atoms with Crippen LogP contribution >= 0.6 is 0 Å². The smallest absolute Gasteiger partial charge is 0.329 e. The van der Waals surface area contributed by atoms with Crippen LogP contribution in [0.5, 0.6) is 11.5 Å². The number of nitrogens with one attached hydrogen (secondary N) is 2. The second-order valence-electron chi connectivity index (χ2n) is 4.58. The number of nitrogens with zero attached hydrogens (tertiary/aromatic N) is 1. The van der Waals surface area contributed by atoms with Crippen molar-refractivity contribution in [2.24, 2.45) is 5.10 Å². The average molecular weight is 331 g/mol. The lowest BCUT2D eigenvalue weighted by Crippen LogP contribution is -2.32. The lowest BCUT2D eigenvalue weighted by atomic mass is 10.2. The first-order valence-corrected chi connectivity index (χ1v) is 6.76. The zero-order valence-corrected chi connectivity index (χ0v) is 12.6. The summed E-state index contributed by atoms with van der Waals surface area (Å²) >= 11 is 0. The lowest BCUT2D eigenvalue weighted by Gasteiger charge is -2.04. The van der Waals surface area contributed by atoms with Gasteiger partial charge in [-0.2, -0.15) is 5.10 Å². The molecule has 0 saturated carbocycles. The molecule has 2 aromatic carbocycles. The first-order valence-electron chi connectivity index (χ1n) is 6.76. The predicted octanol–water partition coefficient (Wildman–Crippen LogP) is 1.63. The third-order valence-corrected chi connectivity index (χ3v) is 2.91. The fraction of sp³-hybridized carbons (Fsp3) is 0.0625. The molecular formula is C16H14FN3O4. The number of phenolic OH excluding ortho intramolecular Hbond substituents is 1. The molecule has 0 heterocycles. The summed E-state index contributed by atoms with van der Waals surface area (Å²) in [4.78, 5) is 23.3. The van der Waals surface area contributed by atoms with Crippen LogP contribution in [0.1, 0.15) is 5.56 Å². The van der Waals surface area contributed by atoms with Gasteiger partial charge < -0.3 is 15.2 Å². The van der Waals surface area contributed by atoms with Crippen LogP contribution in [0.2, 0.25) is 0 Å². The Morgan fingerprint density at radius 3 is 2.54 bits per heavy atom. The second kappa shape index (κ2) is 7.73. The first-order chi connectivity index (χ1) is 11.5. The Bertz CT molecular complexity index is 775. The van der Waals surface area contributed by atoms with Gasteiger partial charge >= 0.3 is 11.8 Å². The number of methoxy groups -OCH3 is 1. The molecule has 0 atom stereocenters. The number of benzene rings is 2. The van der Waals surface area contributed by atoms with E-state index in [4.69, 9.17) is 4.74 Å². The van der Waals surface area contributed by atoms with Crippen molar-refractivity contribution in [3.63, 3.8) is 0 Å². The normalized spacial score (nSPS) is 10.4. The third-order valence-electron chi connectivity index (χ3n) is 2.91. The van der Waals surface area contributed by atoms with Gasteiger partial charge in [-0.25, -0.2) is 9.82 Å². The largest absolute Gasteiger partial charge is 0.507 e. The molecule has 0 aliphatic carbocycles. The van der Waals surface area contributed by atoms with E-state index in [1.54, 1.807) is 6.07 Å². The molecule has 124 valence electrons. The summed E-state index contributed by atoms with van der Waals surface area (Å²) in [5.41, 5.74) is 2.59. The zero-order chi connectivity index (χ0) is 17.5.